The molecule has 6 heteroatoms. The fourth-order valence-electron chi connectivity index (χ4n) is 2.20. The molecule has 2 bridgehead atoms. The monoisotopic (exact) mass is 225 g/mol. The Kier molecular flexibility index (Phi) is 2.92. The van der Waals surface area contributed by atoms with Crippen LogP contribution >= 0.6 is 0 Å². The summed E-state index contributed by atoms with van der Waals surface area (Å²) in [7, 11) is 0. The lowest BCUT2D eigenvalue weighted by Gasteiger charge is -2.33. The summed E-state index contributed by atoms with van der Waals surface area (Å²) in [6, 6.07) is 0. The zero-order chi connectivity index (χ0) is 11.1. The van der Waals surface area contributed by atoms with Gasteiger partial charge in [0.25, 0.3) is 0 Å². The van der Waals surface area contributed by atoms with Crippen LogP contribution in [0, 0.1) is 0 Å². The minimum Gasteiger partial charge on any atom is -0.382 e. The molecule has 88 valence electrons. The first-order valence-electron chi connectivity index (χ1n) is 5.08. The molecule has 2 fully saturated rings. The Morgan fingerprint density at radius 1 is 1.27 bits per heavy atom. The number of aliphatic hydroxyl groups excluding tert-OH is 1. The number of likely N-dealkylation sites (tertiary alicyclic amines) is 1. The van der Waals surface area contributed by atoms with E-state index in [0.717, 1.165) is 12.8 Å². The first-order chi connectivity index (χ1) is 6.95. The van der Waals surface area contributed by atoms with E-state index in [1.165, 1.54) is 0 Å². The predicted molar refractivity (Wildman–Crippen MR) is 46.4 cm³/mol. The molecule has 0 aromatic rings. The van der Waals surface area contributed by atoms with Crippen LogP contribution in [0.3, 0.4) is 0 Å². The van der Waals surface area contributed by atoms with Gasteiger partial charge in [-0.1, -0.05) is 0 Å². The summed E-state index contributed by atoms with van der Waals surface area (Å²) in [5.74, 6) is 0. The highest BCUT2D eigenvalue weighted by Gasteiger charge is 2.41. The number of hydrogen-bond acceptors (Lipinski definition) is 3. The lowest BCUT2D eigenvalue weighted by molar-refractivity contribution is -0.211. The molecule has 0 amide bonds. The topological polar surface area (TPSA) is 32.7 Å². The van der Waals surface area contributed by atoms with Crippen LogP contribution in [0.5, 0.6) is 0 Å². The van der Waals surface area contributed by atoms with Gasteiger partial charge >= 0.3 is 6.18 Å². The largest absolute Gasteiger partial charge is 0.415 e. The van der Waals surface area contributed by atoms with Crippen molar-refractivity contribution in [1.82, 2.24) is 4.90 Å². The van der Waals surface area contributed by atoms with E-state index >= 15 is 0 Å². The molecule has 2 heterocycles. The zero-order valence-electron chi connectivity index (χ0n) is 8.20. The van der Waals surface area contributed by atoms with E-state index in [-0.39, 0.29) is 18.8 Å². The number of rotatable bonds is 2. The molecule has 3 nitrogen and oxygen atoms in total. The van der Waals surface area contributed by atoms with Gasteiger partial charge in [0.05, 0.1) is 12.2 Å². The smallest absolute Gasteiger partial charge is 0.382 e. The maximum atomic E-state index is 12.1. The van der Waals surface area contributed by atoms with Gasteiger partial charge in [-0.05, 0) is 12.8 Å². The highest BCUT2D eigenvalue weighted by molar-refractivity contribution is 4.86. The van der Waals surface area contributed by atoms with Crippen molar-refractivity contribution in [2.24, 2.45) is 0 Å². The van der Waals surface area contributed by atoms with Crippen molar-refractivity contribution in [3.63, 3.8) is 0 Å². The van der Waals surface area contributed by atoms with E-state index in [0.29, 0.717) is 13.1 Å². The molecule has 0 aromatic heterocycles. The maximum Gasteiger partial charge on any atom is 0.415 e. The van der Waals surface area contributed by atoms with Crippen LogP contribution in [0.4, 0.5) is 13.2 Å². The molecule has 15 heavy (non-hydrogen) atoms. The second kappa shape index (κ2) is 3.92. The Bertz CT molecular complexity index is 222. The number of halogens is 3. The SMILES string of the molecule is OC(CN1CC2CCC(C1)O2)C(F)(F)F. The van der Waals surface area contributed by atoms with E-state index in [4.69, 9.17) is 9.84 Å². The van der Waals surface area contributed by atoms with E-state index in [2.05, 4.69) is 0 Å². The van der Waals surface area contributed by atoms with Crippen molar-refractivity contribution in [2.75, 3.05) is 19.6 Å². The molecule has 3 unspecified atom stereocenters. The number of β-amino-alcohol motifs (C(OH)–C–C–N with tert-alkyl or cyclic N) is 1. The molecule has 2 rings (SSSR count). The maximum absolute atomic E-state index is 12.1. The van der Waals surface area contributed by atoms with Gasteiger partial charge in [-0.15, -0.1) is 0 Å². The molecule has 0 radical (unpaired) electrons. The van der Waals surface area contributed by atoms with Gasteiger partial charge in [-0.25, -0.2) is 0 Å². The average Bonchev–Trinajstić information content (AvgIpc) is 2.44. The molecular weight excluding hydrogens is 211 g/mol. The lowest BCUT2D eigenvalue weighted by Crippen LogP contribution is -2.48. The first kappa shape index (κ1) is 11.2. The molecular formula is C9H14F3NO2. The third-order valence-corrected chi connectivity index (χ3v) is 2.93. The van der Waals surface area contributed by atoms with E-state index in [9.17, 15) is 13.2 Å². The van der Waals surface area contributed by atoms with Crippen LogP contribution < -0.4 is 0 Å². The summed E-state index contributed by atoms with van der Waals surface area (Å²) in [6.07, 6.45) is -4.80. The number of hydrogen-bond donors (Lipinski definition) is 1. The summed E-state index contributed by atoms with van der Waals surface area (Å²) in [6.45, 7) is 0.674. The molecule has 0 saturated carbocycles. The Balaban J connectivity index is 1.85. The van der Waals surface area contributed by atoms with E-state index in [1.807, 2.05) is 0 Å². The molecule has 2 saturated heterocycles. The molecule has 3 atom stereocenters. The van der Waals surface area contributed by atoms with Gasteiger partial charge < -0.3 is 9.84 Å². The molecule has 2 aliphatic rings. The fraction of sp³-hybridized carbons (Fsp3) is 1.00. The summed E-state index contributed by atoms with van der Waals surface area (Å²) >= 11 is 0. The normalized spacial score (nSPS) is 34.4. The second-order valence-corrected chi connectivity index (χ2v) is 4.23. The Morgan fingerprint density at radius 3 is 2.27 bits per heavy atom. The minimum absolute atomic E-state index is 0.0594. The van der Waals surface area contributed by atoms with Gasteiger partial charge in [0, 0.05) is 19.6 Å². The third-order valence-electron chi connectivity index (χ3n) is 2.93. The molecule has 0 spiro atoms. The molecule has 0 aromatic carbocycles. The number of alkyl halides is 3. The highest BCUT2D eigenvalue weighted by atomic mass is 19.4. The zero-order valence-corrected chi connectivity index (χ0v) is 8.20. The van der Waals surface area contributed by atoms with E-state index < -0.39 is 12.3 Å². The Labute approximate surface area is 85.8 Å². The van der Waals surface area contributed by atoms with Crippen molar-refractivity contribution in [2.45, 2.75) is 37.3 Å². The quantitative estimate of drug-likeness (QED) is 0.753. The summed E-state index contributed by atoms with van der Waals surface area (Å²) in [5.41, 5.74) is 0. The van der Waals surface area contributed by atoms with Crippen molar-refractivity contribution < 1.29 is 23.0 Å². The molecule has 1 N–H and O–H groups in total. The number of aliphatic hydroxyl groups is 1. The standard InChI is InChI=1S/C9H14F3NO2/c10-9(11,12)8(14)5-13-3-6-1-2-7(4-13)15-6/h6-8,14H,1-5H2. The van der Waals surface area contributed by atoms with Crippen LogP contribution in [0.25, 0.3) is 0 Å². The summed E-state index contributed by atoms with van der Waals surface area (Å²) in [4.78, 5) is 1.64. The van der Waals surface area contributed by atoms with Crippen molar-refractivity contribution >= 4 is 0 Å². The van der Waals surface area contributed by atoms with Crippen LogP contribution in [0.1, 0.15) is 12.8 Å². The molecule has 2 aliphatic heterocycles. The number of nitrogens with zero attached hydrogens (tertiary/aromatic N) is 1. The van der Waals surface area contributed by atoms with Crippen molar-refractivity contribution in [3.05, 3.63) is 0 Å². The van der Waals surface area contributed by atoms with Gasteiger partial charge in [0.15, 0.2) is 6.10 Å². The van der Waals surface area contributed by atoms with Gasteiger partial charge in [0.1, 0.15) is 0 Å². The number of morpholine rings is 1. The third kappa shape index (κ3) is 2.62. The fourth-order valence-corrected chi connectivity index (χ4v) is 2.20. The van der Waals surface area contributed by atoms with Gasteiger partial charge in [-0.3, -0.25) is 4.90 Å². The van der Waals surface area contributed by atoms with Crippen molar-refractivity contribution in [3.8, 4) is 0 Å². The van der Waals surface area contributed by atoms with Crippen molar-refractivity contribution in [1.29, 1.82) is 0 Å². The van der Waals surface area contributed by atoms with Crippen LogP contribution in [-0.4, -0.2) is 54.1 Å². The Hall–Kier alpha value is -0.330. The summed E-state index contributed by atoms with van der Waals surface area (Å²) < 4.78 is 41.8. The lowest BCUT2D eigenvalue weighted by atomic mass is 10.2. The summed E-state index contributed by atoms with van der Waals surface area (Å²) in [5, 5.41) is 8.92. The van der Waals surface area contributed by atoms with Crippen LogP contribution in [0.2, 0.25) is 0 Å². The van der Waals surface area contributed by atoms with E-state index in [1.54, 1.807) is 4.90 Å². The van der Waals surface area contributed by atoms with Crippen LogP contribution in [0.15, 0.2) is 0 Å². The number of fused-ring (bicyclic) bond motifs is 2. The van der Waals surface area contributed by atoms with Crippen LogP contribution in [-0.2, 0) is 4.74 Å². The molecule has 0 aliphatic carbocycles. The predicted octanol–water partition coefficient (Wildman–Crippen LogP) is 0.773. The minimum atomic E-state index is -4.52. The van der Waals surface area contributed by atoms with Gasteiger partial charge in [0.2, 0.25) is 0 Å². The van der Waals surface area contributed by atoms with Gasteiger partial charge in [-0.2, -0.15) is 13.2 Å². The highest BCUT2D eigenvalue weighted by Crippen LogP contribution is 2.28. The first-order valence-corrected chi connectivity index (χ1v) is 5.08. The number of ether oxygens (including phenoxy) is 1. The second-order valence-electron chi connectivity index (χ2n) is 4.23. The average molecular weight is 225 g/mol. The Morgan fingerprint density at radius 2 is 1.80 bits per heavy atom.